The number of pyridine rings is 1. The number of fused-ring (bicyclic) bond motifs is 3. The fourth-order valence-corrected chi connectivity index (χ4v) is 5.05. The third-order valence-corrected chi connectivity index (χ3v) is 6.80. The van der Waals surface area contributed by atoms with Crippen LogP contribution in [0.4, 0.5) is 5.95 Å². The number of benzene rings is 1. The van der Waals surface area contributed by atoms with Gasteiger partial charge in [0, 0.05) is 31.3 Å². The maximum atomic E-state index is 13.2. The number of H-pyrrole nitrogens is 1. The Balaban J connectivity index is 1.46. The van der Waals surface area contributed by atoms with E-state index in [1.54, 1.807) is 19.1 Å². The molecule has 2 aliphatic rings. The van der Waals surface area contributed by atoms with E-state index in [1.807, 2.05) is 17.0 Å². The fraction of sp³-hybridized carbons (Fsp3) is 0.400. The minimum atomic E-state index is -0.345. The number of hydrogen-bond acceptors (Lipinski definition) is 8. The van der Waals surface area contributed by atoms with Crippen LogP contribution in [0.25, 0.3) is 11.0 Å². The topological polar surface area (TPSA) is 125 Å². The number of aromatic hydroxyl groups is 1. The van der Waals surface area contributed by atoms with Crippen LogP contribution in [-0.4, -0.2) is 51.5 Å². The molecule has 1 aliphatic heterocycles. The molecule has 3 aromatic rings. The number of nitrogens with zero attached hydrogens (tertiary/aromatic N) is 3. The molecule has 3 heterocycles. The summed E-state index contributed by atoms with van der Waals surface area (Å²) in [6, 6.07) is 6.97. The van der Waals surface area contributed by atoms with Crippen LogP contribution < -0.4 is 10.5 Å². The van der Waals surface area contributed by atoms with Gasteiger partial charge in [-0.25, -0.2) is 4.98 Å². The zero-order valence-electron chi connectivity index (χ0n) is 18.9. The van der Waals surface area contributed by atoms with Gasteiger partial charge < -0.3 is 14.7 Å². The Bertz CT molecular complexity index is 1330. The van der Waals surface area contributed by atoms with Crippen molar-refractivity contribution in [3.05, 3.63) is 57.5 Å². The van der Waals surface area contributed by atoms with Crippen LogP contribution in [-0.2, 0) is 16.0 Å². The number of piperidine rings is 1. The van der Waals surface area contributed by atoms with Crippen molar-refractivity contribution in [2.45, 2.75) is 38.5 Å². The number of aromatic amines is 1. The van der Waals surface area contributed by atoms with Crippen molar-refractivity contribution in [1.82, 2.24) is 15.0 Å². The molecule has 1 atom stereocenters. The molecule has 0 bridgehead atoms. The number of ketones is 1. The van der Waals surface area contributed by atoms with Crippen molar-refractivity contribution >= 4 is 28.7 Å². The van der Waals surface area contributed by atoms with Crippen molar-refractivity contribution in [3.8, 4) is 5.75 Å². The molecule has 1 aromatic carbocycles. The number of carbonyl (C=O) groups is 2. The largest absolute Gasteiger partial charge is 0.508 e. The average Bonchev–Trinajstić information content (AvgIpc) is 2.84. The fourth-order valence-electron chi connectivity index (χ4n) is 5.05. The lowest BCUT2D eigenvalue weighted by Gasteiger charge is -2.31. The van der Waals surface area contributed by atoms with Gasteiger partial charge in [-0.15, -0.1) is 0 Å². The Kier molecular flexibility index (Phi) is 5.77. The highest BCUT2D eigenvalue weighted by atomic mass is 16.5. The number of Topliss-reactive ketones (excluding diaryl/α,β-unsaturated/α-hetero) is 1. The third-order valence-electron chi connectivity index (χ3n) is 6.80. The number of ether oxygens (including phenoxy) is 1. The number of para-hydroxylation sites is 1. The summed E-state index contributed by atoms with van der Waals surface area (Å²) in [6.45, 7) is 3.29. The average molecular weight is 463 g/mol. The first-order valence-electron chi connectivity index (χ1n) is 11.6. The van der Waals surface area contributed by atoms with Crippen LogP contribution in [0.3, 0.4) is 0 Å². The minimum Gasteiger partial charge on any atom is -0.508 e. The van der Waals surface area contributed by atoms with Crippen molar-refractivity contribution in [2.75, 3.05) is 24.6 Å². The number of esters is 1. The van der Waals surface area contributed by atoms with E-state index < -0.39 is 0 Å². The second-order valence-electron chi connectivity index (χ2n) is 8.84. The molecule has 0 unspecified atom stereocenters. The van der Waals surface area contributed by atoms with Gasteiger partial charge in [-0.1, -0.05) is 18.2 Å². The van der Waals surface area contributed by atoms with E-state index >= 15 is 0 Å². The first kappa shape index (κ1) is 22.1. The lowest BCUT2D eigenvalue weighted by molar-refractivity contribution is -0.148. The maximum Gasteiger partial charge on any atom is 0.309 e. The number of anilines is 1. The van der Waals surface area contributed by atoms with Crippen LogP contribution >= 0.6 is 0 Å². The highest BCUT2D eigenvalue weighted by Gasteiger charge is 2.32. The maximum absolute atomic E-state index is 13.2. The molecule has 2 aromatic heterocycles. The van der Waals surface area contributed by atoms with Crippen molar-refractivity contribution in [1.29, 1.82) is 0 Å². The van der Waals surface area contributed by atoms with Gasteiger partial charge in [-0.3, -0.25) is 19.4 Å². The summed E-state index contributed by atoms with van der Waals surface area (Å²) < 4.78 is 5.12. The molecule has 9 heteroatoms. The molecule has 0 spiro atoms. The summed E-state index contributed by atoms with van der Waals surface area (Å²) in [6.07, 6.45) is 3.43. The van der Waals surface area contributed by atoms with Crippen molar-refractivity contribution in [3.63, 3.8) is 0 Å². The Hall–Kier alpha value is -3.75. The van der Waals surface area contributed by atoms with E-state index in [2.05, 4.69) is 15.0 Å². The number of carbonyl (C=O) groups excluding carboxylic acids is 2. The minimum absolute atomic E-state index is 0.103. The molecule has 176 valence electrons. The number of rotatable bonds is 4. The van der Waals surface area contributed by atoms with Crippen molar-refractivity contribution in [2.24, 2.45) is 5.92 Å². The van der Waals surface area contributed by atoms with Crippen LogP contribution in [0.2, 0.25) is 0 Å². The molecule has 1 saturated heterocycles. The summed E-state index contributed by atoms with van der Waals surface area (Å²) in [5.74, 6) is -0.111. The standard InChI is InChI=1S/C25H26N4O5/c1-2-34-24(33)14-7-9-29(10-8-14)25-27-22-21(23(32)28-25)17-11-15(12-20(31)18(17)13-26-22)16-5-3-4-6-19(16)30/h3-6,13-15,30H,2,7-12H2,1H3,(H,26,27,28,32)/t15-/m0/s1. The van der Waals surface area contributed by atoms with E-state index in [1.165, 1.54) is 6.20 Å². The highest BCUT2D eigenvalue weighted by molar-refractivity contribution is 6.02. The normalized spacial score (nSPS) is 18.7. The molecule has 0 radical (unpaired) electrons. The van der Waals surface area contributed by atoms with Crippen LogP contribution in [0.5, 0.6) is 5.75 Å². The Morgan fingerprint density at radius 2 is 1.97 bits per heavy atom. The number of nitrogens with one attached hydrogen (secondary N) is 1. The summed E-state index contributed by atoms with van der Waals surface area (Å²) in [4.78, 5) is 51.8. The predicted molar refractivity (Wildman–Crippen MR) is 125 cm³/mol. The Morgan fingerprint density at radius 3 is 2.71 bits per heavy atom. The molecule has 34 heavy (non-hydrogen) atoms. The number of phenolic OH excluding ortho intramolecular Hbond substituents is 1. The second kappa shape index (κ2) is 8.89. The van der Waals surface area contributed by atoms with E-state index in [0.29, 0.717) is 67.0 Å². The highest BCUT2D eigenvalue weighted by Crippen LogP contribution is 2.38. The predicted octanol–water partition coefficient (Wildman–Crippen LogP) is 2.72. The van der Waals surface area contributed by atoms with Gasteiger partial charge in [0.05, 0.1) is 17.9 Å². The lowest BCUT2D eigenvalue weighted by atomic mass is 9.79. The van der Waals surface area contributed by atoms with Crippen LogP contribution in [0, 0.1) is 5.92 Å². The second-order valence-corrected chi connectivity index (χ2v) is 8.84. The number of hydrogen-bond donors (Lipinski definition) is 2. The van der Waals surface area contributed by atoms with E-state index in [9.17, 15) is 19.5 Å². The number of phenols is 1. The van der Waals surface area contributed by atoms with Gasteiger partial charge in [0.15, 0.2) is 11.4 Å². The lowest BCUT2D eigenvalue weighted by Crippen LogP contribution is -2.38. The number of aromatic nitrogens is 3. The quantitative estimate of drug-likeness (QED) is 0.567. The van der Waals surface area contributed by atoms with Gasteiger partial charge in [0.1, 0.15) is 5.75 Å². The SMILES string of the molecule is CCOC(=O)C1CCN(c2nc3ncc4c(c3c(=O)[nH]2)C[C@H](c2ccccc2O)CC4=O)CC1. The molecule has 2 N–H and O–H groups in total. The monoisotopic (exact) mass is 462 g/mol. The van der Waals surface area contributed by atoms with Gasteiger partial charge >= 0.3 is 5.97 Å². The Morgan fingerprint density at radius 1 is 1.21 bits per heavy atom. The molecule has 0 amide bonds. The van der Waals surface area contributed by atoms with Crippen LogP contribution in [0.1, 0.15) is 53.6 Å². The zero-order valence-corrected chi connectivity index (χ0v) is 18.9. The van der Waals surface area contributed by atoms with Gasteiger partial charge in [-0.05, 0) is 49.3 Å². The smallest absolute Gasteiger partial charge is 0.309 e. The molecular formula is C25H26N4O5. The molecule has 0 saturated carbocycles. The summed E-state index contributed by atoms with van der Waals surface area (Å²) >= 11 is 0. The molecular weight excluding hydrogens is 436 g/mol. The van der Waals surface area contributed by atoms with Gasteiger partial charge in [0.25, 0.3) is 5.56 Å². The van der Waals surface area contributed by atoms with Gasteiger partial charge in [-0.2, -0.15) is 4.98 Å². The first-order valence-corrected chi connectivity index (χ1v) is 11.6. The van der Waals surface area contributed by atoms with Crippen LogP contribution in [0.15, 0.2) is 35.3 Å². The van der Waals surface area contributed by atoms with E-state index in [-0.39, 0.29) is 47.0 Å². The molecule has 9 nitrogen and oxygen atoms in total. The zero-order chi connectivity index (χ0) is 23.8. The molecule has 1 aliphatic carbocycles. The molecule has 5 rings (SSSR count). The summed E-state index contributed by atoms with van der Waals surface area (Å²) in [7, 11) is 0. The van der Waals surface area contributed by atoms with Crippen molar-refractivity contribution < 1.29 is 19.4 Å². The summed E-state index contributed by atoms with van der Waals surface area (Å²) in [5.41, 5.74) is 1.69. The summed E-state index contributed by atoms with van der Waals surface area (Å²) in [5, 5.41) is 10.6. The van der Waals surface area contributed by atoms with Gasteiger partial charge in [0.2, 0.25) is 5.95 Å². The third kappa shape index (κ3) is 3.91. The Labute approximate surface area is 195 Å². The van der Waals surface area contributed by atoms with E-state index in [4.69, 9.17) is 4.74 Å². The van der Waals surface area contributed by atoms with E-state index in [0.717, 1.165) is 0 Å². The first-order chi connectivity index (χ1) is 16.5. The molecule has 1 fully saturated rings.